The first-order valence-corrected chi connectivity index (χ1v) is 10.8. The predicted molar refractivity (Wildman–Crippen MR) is 102 cm³/mol. The molecule has 0 unspecified atom stereocenters. The Labute approximate surface area is 155 Å². The highest BCUT2D eigenvalue weighted by molar-refractivity contribution is 9.10. The first kappa shape index (κ1) is 19.0. The largest absolute Gasteiger partial charge is 0.325 e. The van der Waals surface area contributed by atoms with Gasteiger partial charge in [-0.2, -0.15) is 0 Å². The lowest BCUT2D eigenvalue weighted by Crippen LogP contribution is -2.14. The third kappa shape index (κ3) is 5.09. The average Bonchev–Trinajstić information content (AvgIpc) is 2.54. The van der Waals surface area contributed by atoms with E-state index in [1.54, 1.807) is 19.1 Å². The van der Waals surface area contributed by atoms with Crippen LogP contribution in [0, 0.1) is 6.92 Å². The number of anilines is 1. The maximum absolute atomic E-state index is 12.0. The quantitative estimate of drug-likeness (QED) is 0.698. The second kappa shape index (κ2) is 8.18. The van der Waals surface area contributed by atoms with Crippen LogP contribution in [0.2, 0.25) is 0 Å². The number of sulfone groups is 1. The van der Waals surface area contributed by atoms with E-state index < -0.39 is 9.84 Å². The SMILES string of the molecule is CCS(=O)(=O)c1ccc(NC(=O)CSc2ccc(Br)cc2C)cc1. The Morgan fingerprint density at radius 2 is 1.83 bits per heavy atom. The molecule has 0 aliphatic rings. The zero-order chi connectivity index (χ0) is 17.7. The monoisotopic (exact) mass is 427 g/mol. The molecule has 0 fully saturated rings. The van der Waals surface area contributed by atoms with Gasteiger partial charge in [0.1, 0.15) is 0 Å². The van der Waals surface area contributed by atoms with Crippen molar-refractivity contribution >= 4 is 49.1 Å². The lowest BCUT2D eigenvalue weighted by atomic mass is 10.2. The van der Waals surface area contributed by atoms with Crippen molar-refractivity contribution in [1.82, 2.24) is 0 Å². The molecule has 1 N–H and O–H groups in total. The number of rotatable bonds is 6. The lowest BCUT2D eigenvalue weighted by molar-refractivity contribution is -0.113. The molecule has 2 aromatic rings. The van der Waals surface area contributed by atoms with Crippen molar-refractivity contribution < 1.29 is 13.2 Å². The Morgan fingerprint density at radius 1 is 1.17 bits per heavy atom. The predicted octanol–water partition coefficient (Wildman–Crippen LogP) is 4.28. The van der Waals surface area contributed by atoms with Crippen LogP contribution in [-0.2, 0) is 14.6 Å². The fourth-order valence-corrected chi connectivity index (χ4v) is 4.20. The number of thioether (sulfide) groups is 1. The average molecular weight is 428 g/mol. The van der Waals surface area contributed by atoms with E-state index in [0.29, 0.717) is 5.69 Å². The highest BCUT2D eigenvalue weighted by Gasteiger charge is 2.11. The topological polar surface area (TPSA) is 63.2 Å². The summed E-state index contributed by atoms with van der Waals surface area (Å²) >= 11 is 4.88. The standard InChI is InChI=1S/C17H18BrNO3S2/c1-3-24(21,22)15-7-5-14(6-8-15)19-17(20)11-23-16-9-4-13(18)10-12(16)2/h4-10H,3,11H2,1-2H3,(H,19,20). The molecule has 0 aliphatic carbocycles. The van der Waals surface area contributed by atoms with Crippen LogP contribution in [0.3, 0.4) is 0 Å². The first-order chi connectivity index (χ1) is 11.3. The summed E-state index contributed by atoms with van der Waals surface area (Å²) in [5.41, 5.74) is 1.69. The van der Waals surface area contributed by atoms with Gasteiger partial charge in [-0.05, 0) is 55.0 Å². The molecule has 2 aromatic carbocycles. The van der Waals surface area contributed by atoms with Gasteiger partial charge in [0.2, 0.25) is 5.91 Å². The van der Waals surface area contributed by atoms with Crippen molar-refractivity contribution in [3.05, 3.63) is 52.5 Å². The van der Waals surface area contributed by atoms with E-state index in [4.69, 9.17) is 0 Å². The number of hydrogen-bond donors (Lipinski definition) is 1. The van der Waals surface area contributed by atoms with Crippen LogP contribution in [0.15, 0.2) is 56.7 Å². The van der Waals surface area contributed by atoms with Crippen molar-refractivity contribution in [1.29, 1.82) is 0 Å². The molecule has 0 saturated heterocycles. The smallest absolute Gasteiger partial charge is 0.234 e. The van der Waals surface area contributed by atoms with Gasteiger partial charge >= 0.3 is 0 Å². The van der Waals surface area contributed by atoms with Crippen LogP contribution in [0.4, 0.5) is 5.69 Å². The Bertz CT molecular complexity index is 833. The number of amides is 1. The van der Waals surface area contributed by atoms with Crippen LogP contribution in [-0.4, -0.2) is 25.8 Å². The van der Waals surface area contributed by atoms with Gasteiger partial charge in [-0.3, -0.25) is 4.79 Å². The van der Waals surface area contributed by atoms with Crippen LogP contribution in [0.25, 0.3) is 0 Å². The maximum Gasteiger partial charge on any atom is 0.234 e. The molecule has 0 heterocycles. The van der Waals surface area contributed by atoms with Gasteiger partial charge in [0.25, 0.3) is 0 Å². The molecule has 0 atom stereocenters. The number of carbonyl (C=O) groups excluding carboxylic acids is 1. The van der Waals surface area contributed by atoms with Gasteiger partial charge in [0.15, 0.2) is 9.84 Å². The number of nitrogens with one attached hydrogen (secondary N) is 1. The zero-order valence-electron chi connectivity index (χ0n) is 13.4. The Morgan fingerprint density at radius 3 is 2.42 bits per heavy atom. The molecule has 7 heteroatoms. The first-order valence-electron chi connectivity index (χ1n) is 7.33. The van der Waals surface area contributed by atoms with Gasteiger partial charge in [-0.25, -0.2) is 8.42 Å². The number of hydrogen-bond acceptors (Lipinski definition) is 4. The van der Waals surface area contributed by atoms with Crippen LogP contribution >= 0.6 is 27.7 Å². The van der Waals surface area contributed by atoms with Crippen LogP contribution in [0.5, 0.6) is 0 Å². The lowest BCUT2D eigenvalue weighted by Gasteiger charge is -2.08. The zero-order valence-corrected chi connectivity index (χ0v) is 16.6. The van der Waals surface area contributed by atoms with E-state index in [1.165, 1.54) is 23.9 Å². The molecular weight excluding hydrogens is 410 g/mol. The van der Waals surface area contributed by atoms with Crippen LogP contribution < -0.4 is 5.32 Å². The molecule has 2 rings (SSSR count). The minimum absolute atomic E-state index is 0.0574. The van der Waals surface area contributed by atoms with Gasteiger partial charge in [0, 0.05) is 15.1 Å². The fraction of sp³-hybridized carbons (Fsp3) is 0.235. The molecule has 0 saturated carbocycles. The molecule has 0 spiro atoms. The van der Waals surface area contributed by atoms with Gasteiger partial charge in [0.05, 0.1) is 16.4 Å². The van der Waals surface area contributed by atoms with E-state index in [-0.39, 0.29) is 22.3 Å². The Hall–Kier alpha value is -1.31. The van der Waals surface area contributed by atoms with E-state index in [1.807, 2.05) is 25.1 Å². The Balaban J connectivity index is 1.95. The van der Waals surface area contributed by atoms with E-state index in [0.717, 1.165) is 14.9 Å². The summed E-state index contributed by atoms with van der Waals surface area (Å²) in [6.07, 6.45) is 0. The van der Waals surface area contributed by atoms with Crippen molar-refractivity contribution in [2.75, 3.05) is 16.8 Å². The molecule has 0 radical (unpaired) electrons. The minimum Gasteiger partial charge on any atom is -0.325 e. The molecule has 1 amide bonds. The highest BCUT2D eigenvalue weighted by atomic mass is 79.9. The summed E-state index contributed by atoms with van der Waals surface area (Å²) in [4.78, 5) is 13.4. The van der Waals surface area contributed by atoms with Crippen molar-refractivity contribution in [3.8, 4) is 0 Å². The molecule has 0 aromatic heterocycles. The number of benzene rings is 2. The van der Waals surface area contributed by atoms with E-state index >= 15 is 0 Å². The Kier molecular flexibility index (Phi) is 6.48. The third-order valence-electron chi connectivity index (χ3n) is 3.37. The summed E-state index contributed by atoms with van der Waals surface area (Å²) in [6, 6.07) is 12.2. The number of carbonyl (C=O) groups is 1. The van der Waals surface area contributed by atoms with Gasteiger partial charge in [-0.1, -0.05) is 22.9 Å². The normalized spacial score (nSPS) is 11.3. The summed E-state index contributed by atoms with van der Waals surface area (Å²) in [7, 11) is -3.22. The van der Waals surface area contributed by atoms with Crippen molar-refractivity contribution in [3.63, 3.8) is 0 Å². The molecular formula is C17H18BrNO3S2. The molecule has 24 heavy (non-hydrogen) atoms. The van der Waals surface area contributed by atoms with Crippen molar-refractivity contribution in [2.45, 2.75) is 23.6 Å². The summed E-state index contributed by atoms with van der Waals surface area (Å²) < 4.78 is 24.5. The molecule has 0 aliphatic heterocycles. The second-order valence-electron chi connectivity index (χ2n) is 5.17. The van der Waals surface area contributed by atoms with Gasteiger partial charge < -0.3 is 5.32 Å². The van der Waals surface area contributed by atoms with E-state index in [9.17, 15) is 13.2 Å². The van der Waals surface area contributed by atoms with Gasteiger partial charge in [-0.15, -0.1) is 11.8 Å². The molecule has 4 nitrogen and oxygen atoms in total. The van der Waals surface area contributed by atoms with Crippen molar-refractivity contribution in [2.24, 2.45) is 0 Å². The third-order valence-corrected chi connectivity index (χ3v) is 6.79. The van der Waals surface area contributed by atoms with E-state index in [2.05, 4.69) is 21.2 Å². The fourth-order valence-electron chi connectivity index (χ4n) is 2.03. The summed E-state index contributed by atoms with van der Waals surface area (Å²) in [5.74, 6) is 0.216. The maximum atomic E-state index is 12.0. The molecule has 0 bridgehead atoms. The summed E-state index contributed by atoms with van der Waals surface area (Å²) in [5, 5.41) is 2.78. The summed E-state index contributed by atoms with van der Waals surface area (Å²) in [6.45, 7) is 3.60. The number of halogens is 1. The minimum atomic E-state index is -3.22. The molecule has 128 valence electrons. The highest BCUT2D eigenvalue weighted by Crippen LogP contribution is 2.25. The number of aryl methyl sites for hydroxylation is 1. The van der Waals surface area contributed by atoms with Crippen LogP contribution in [0.1, 0.15) is 12.5 Å². The second-order valence-corrected chi connectivity index (χ2v) is 9.39.